The number of aromatic nitrogens is 1. The average molecular weight is 501 g/mol. The minimum atomic E-state index is -1.08. The third-order valence-corrected chi connectivity index (χ3v) is 6.16. The van der Waals surface area contributed by atoms with Gasteiger partial charge in [0, 0.05) is 24.8 Å². The molecule has 0 unspecified atom stereocenters. The second-order valence-electron chi connectivity index (χ2n) is 8.91. The van der Waals surface area contributed by atoms with Crippen molar-refractivity contribution in [1.29, 1.82) is 0 Å². The molecule has 0 bridgehead atoms. The maximum Gasteiger partial charge on any atom is 0.331 e. The van der Waals surface area contributed by atoms with Crippen molar-refractivity contribution in [3.8, 4) is 11.5 Å². The molecule has 2 heterocycles. The molecular weight excluding hydrogens is 464 g/mol. The topological polar surface area (TPSA) is 116 Å². The predicted octanol–water partition coefficient (Wildman–Crippen LogP) is 3.29. The van der Waals surface area contributed by atoms with Crippen LogP contribution >= 0.6 is 0 Å². The molecular formula is C27H36N2O7. The average Bonchev–Trinajstić information content (AvgIpc) is 2.92. The highest BCUT2D eigenvalue weighted by Gasteiger charge is 2.36. The number of hydrogen-bond donors (Lipinski definition) is 2. The van der Waals surface area contributed by atoms with E-state index in [0.29, 0.717) is 19.6 Å². The smallest absolute Gasteiger partial charge is 0.331 e. The van der Waals surface area contributed by atoms with Gasteiger partial charge in [-0.05, 0) is 25.3 Å². The van der Waals surface area contributed by atoms with Gasteiger partial charge in [-0.2, -0.15) is 0 Å². The number of carbonyl (C=O) groups is 2. The molecule has 1 fully saturated rings. The molecule has 1 aromatic heterocycles. The Hall–Kier alpha value is -3.17. The van der Waals surface area contributed by atoms with Gasteiger partial charge in [-0.15, -0.1) is 0 Å². The van der Waals surface area contributed by atoms with E-state index < -0.39 is 29.8 Å². The number of hydrogen-bond acceptors (Lipinski definition) is 8. The van der Waals surface area contributed by atoms with Crippen LogP contribution in [0.25, 0.3) is 0 Å². The largest absolute Gasteiger partial charge is 0.503 e. The van der Waals surface area contributed by atoms with E-state index in [-0.39, 0.29) is 30.1 Å². The first-order valence-electron chi connectivity index (χ1n) is 12.4. The summed E-state index contributed by atoms with van der Waals surface area (Å²) in [6, 6.07) is 10.4. The first kappa shape index (κ1) is 27.4. The standard InChI is InChI=1S/C27H36N2O7/c1-4-5-9-14-35-25-18(2)36-27(32)21(17-34-16-20(25)15-19-10-7-6-8-11-19)29-26(31)23-24(30)22(33-3)12-13-28-23/h6-8,10-13,18,20-21,25,30H,4-5,9,14-17H2,1-3H3,(H,29,31)/t18-,20-,21-,25-/m0/s1. The van der Waals surface area contributed by atoms with Gasteiger partial charge in [0.15, 0.2) is 23.2 Å². The van der Waals surface area contributed by atoms with Gasteiger partial charge in [0.25, 0.3) is 5.91 Å². The SMILES string of the molecule is CCCCCO[C@@H]1[C@@H](Cc2ccccc2)COC[C@H](NC(=O)c2nccc(OC)c2O)C(=O)O[C@H]1C. The second kappa shape index (κ2) is 13.8. The first-order chi connectivity index (χ1) is 17.4. The van der Waals surface area contributed by atoms with Crippen molar-refractivity contribution >= 4 is 11.9 Å². The molecule has 9 nitrogen and oxygen atoms in total. The molecule has 2 N–H and O–H groups in total. The number of aromatic hydroxyl groups is 1. The van der Waals surface area contributed by atoms with Crippen LogP contribution in [0.5, 0.6) is 11.5 Å². The zero-order valence-corrected chi connectivity index (χ0v) is 21.1. The van der Waals surface area contributed by atoms with E-state index in [4.69, 9.17) is 18.9 Å². The number of unbranched alkanes of at least 4 members (excludes halogenated alkanes) is 2. The van der Waals surface area contributed by atoms with Crippen molar-refractivity contribution in [2.24, 2.45) is 5.92 Å². The molecule has 1 saturated heterocycles. The Morgan fingerprint density at radius 2 is 1.97 bits per heavy atom. The third kappa shape index (κ3) is 7.41. The van der Waals surface area contributed by atoms with Crippen LogP contribution in [-0.4, -0.2) is 67.1 Å². The van der Waals surface area contributed by atoms with Crippen molar-refractivity contribution in [1.82, 2.24) is 10.3 Å². The quantitative estimate of drug-likeness (QED) is 0.377. The van der Waals surface area contributed by atoms with E-state index in [1.165, 1.54) is 19.4 Å². The van der Waals surface area contributed by atoms with Crippen molar-refractivity contribution < 1.29 is 33.6 Å². The Morgan fingerprint density at radius 1 is 1.19 bits per heavy atom. The van der Waals surface area contributed by atoms with Crippen molar-refractivity contribution in [2.75, 3.05) is 26.9 Å². The van der Waals surface area contributed by atoms with Crippen LogP contribution < -0.4 is 10.1 Å². The minimum Gasteiger partial charge on any atom is -0.503 e. The number of ether oxygens (including phenoxy) is 4. The van der Waals surface area contributed by atoms with Crippen LogP contribution in [0.15, 0.2) is 42.6 Å². The molecule has 36 heavy (non-hydrogen) atoms. The van der Waals surface area contributed by atoms with Crippen LogP contribution in [-0.2, 0) is 25.4 Å². The van der Waals surface area contributed by atoms with E-state index in [1.807, 2.05) is 30.3 Å². The van der Waals surface area contributed by atoms with Gasteiger partial charge in [0.05, 0.1) is 26.4 Å². The molecule has 196 valence electrons. The fourth-order valence-electron chi connectivity index (χ4n) is 4.25. The molecule has 4 atom stereocenters. The maximum absolute atomic E-state index is 13.0. The lowest BCUT2D eigenvalue weighted by Crippen LogP contribution is -2.46. The Bertz CT molecular complexity index is 985. The number of methoxy groups -OCH3 is 1. The zero-order valence-electron chi connectivity index (χ0n) is 21.1. The molecule has 0 aliphatic carbocycles. The van der Waals surface area contributed by atoms with Gasteiger partial charge in [0.2, 0.25) is 0 Å². The number of esters is 1. The van der Waals surface area contributed by atoms with Crippen molar-refractivity contribution in [3.05, 3.63) is 53.9 Å². The van der Waals surface area contributed by atoms with E-state index >= 15 is 0 Å². The molecule has 0 spiro atoms. The second-order valence-corrected chi connectivity index (χ2v) is 8.91. The summed E-state index contributed by atoms with van der Waals surface area (Å²) in [5, 5.41) is 12.8. The molecule has 1 amide bonds. The number of nitrogens with one attached hydrogen (secondary N) is 1. The monoisotopic (exact) mass is 500 g/mol. The normalized spacial score (nSPS) is 22.6. The molecule has 0 saturated carbocycles. The fourth-order valence-corrected chi connectivity index (χ4v) is 4.25. The van der Waals surface area contributed by atoms with E-state index in [9.17, 15) is 14.7 Å². The lowest BCUT2D eigenvalue weighted by molar-refractivity contribution is -0.160. The third-order valence-electron chi connectivity index (χ3n) is 6.16. The number of cyclic esters (lactones) is 1. The van der Waals surface area contributed by atoms with Crippen LogP contribution in [0, 0.1) is 5.92 Å². The molecule has 2 aromatic rings. The van der Waals surface area contributed by atoms with Gasteiger partial charge in [0.1, 0.15) is 6.10 Å². The predicted molar refractivity (Wildman–Crippen MR) is 133 cm³/mol. The highest BCUT2D eigenvalue weighted by Crippen LogP contribution is 2.28. The highest BCUT2D eigenvalue weighted by molar-refractivity contribution is 5.98. The van der Waals surface area contributed by atoms with Crippen LogP contribution in [0.4, 0.5) is 0 Å². The summed E-state index contributed by atoms with van der Waals surface area (Å²) in [6.07, 6.45) is 4.15. The number of benzene rings is 1. The van der Waals surface area contributed by atoms with Crippen molar-refractivity contribution in [3.63, 3.8) is 0 Å². The summed E-state index contributed by atoms with van der Waals surface area (Å²) in [5.41, 5.74) is 0.879. The Labute approximate surface area is 212 Å². The first-order valence-corrected chi connectivity index (χ1v) is 12.4. The van der Waals surface area contributed by atoms with Gasteiger partial charge < -0.3 is 29.4 Å². The summed E-state index contributed by atoms with van der Waals surface area (Å²) < 4.78 is 23.0. The summed E-state index contributed by atoms with van der Waals surface area (Å²) >= 11 is 0. The summed E-state index contributed by atoms with van der Waals surface area (Å²) in [5.74, 6) is -1.75. The maximum atomic E-state index is 13.0. The molecule has 1 aromatic carbocycles. The molecule has 1 aliphatic rings. The van der Waals surface area contributed by atoms with E-state index in [1.54, 1.807) is 6.92 Å². The highest BCUT2D eigenvalue weighted by atomic mass is 16.6. The van der Waals surface area contributed by atoms with Gasteiger partial charge in [-0.1, -0.05) is 50.1 Å². The number of pyridine rings is 1. The number of nitrogens with zero attached hydrogens (tertiary/aromatic N) is 1. The lowest BCUT2D eigenvalue weighted by Gasteiger charge is -2.31. The fraction of sp³-hybridized carbons (Fsp3) is 0.519. The Morgan fingerprint density at radius 3 is 2.69 bits per heavy atom. The van der Waals surface area contributed by atoms with Crippen LogP contribution in [0.3, 0.4) is 0 Å². The Balaban J connectivity index is 1.75. The summed E-state index contributed by atoms with van der Waals surface area (Å²) in [6.45, 7) is 4.73. The Kier molecular flexibility index (Phi) is 10.5. The van der Waals surface area contributed by atoms with Gasteiger partial charge in [-0.25, -0.2) is 9.78 Å². The van der Waals surface area contributed by atoms with Gasteiger partial charge in [-0.3, -0.25) is 4.79 Å². The van der Waals surface area contributed by atoms with Crippen LogP contribution in [0.1, 0.15) is 49.2 Å². The number of carbonyl (C=O) groups excluding carboxylic acids is 2. The summed E-state index contributed by atoms with van der Waals surface area (Å²) in [7, 11) is 1.37. The van der Waals surface area contributed by atoms with Gasteiger partial charge >= 0.3 is 5.97 Å². The molecule has 3 rings (SSSR count). The van der Waals surface area contributed by atoms with Crippen molar-refractivity contribution in [2.45, 2.75) is 57.8 Å². The summed E-state index contributed by atoms with van der Waals surface area (Å²) in [4.78, 5) is 29.7. The minimum absolute atomic E-state index is 0.0598. The number of rotatable bonds is 10. The molecule has 0 radical (unpaired) electrons. The molecule has 1 aliphatic heterocycles. The lowest BCUT2D eigenvalue weighted by atomic mass is 9.91. The zero-order chi connectivity index (χ0) is 25.9. The van der Waals surface area contributed by atoms with Crippen LogP contribution in [0.2, 0.25) is 0 Å². The van der Waals surface area contributed by atoms with E-state index in [2.05, 4.69) is 17.2 Å². The molecule has 9 heteroatoms. The van der Waals surface area contributed by atoms with E-state index in [0.717, 1.165) is 24.8 Å². The number of amides is 1.